The SMILES string of the molecule is O=C(NCc1ccc(C(=O)O)cc1)Nc1cccc2ccccc12. The second-order valence-corrected chi connectivity index (χ2v) is 5.34. The highest BCUT2D eigenvalue weighted by Crippen LogP contribution is 2.22. The van der Waals surface area contributed by atoms with Crippen LogP contribution in [0.3, 0.4) is 0 Å². The van der Waals surface area contributed by atoms with Crippen LogP contribution in [-0.4, -0.2) is 17.1 Å². The van der Waals surface area contributed by atoms with E-state index in [1.54, 1.807) is 12.1 Å². The monoisotopic (exact) mass is 320 g/mol. The molecule has 0 saturated heterocycles. The first-order valence-electron chi connectivity index (χ1n) is 7.48. The van der Waals surface area contributed by atoms with Gasteiger partial charge in [-0.3, -0.25) is 0 Å². The highest BCUT2D eigenvalue weighted by atomic mass is 16.4. The van der Waals surface area contributed by atoms with Crippen molar-refractivity contribution in [2.45, 2.75) is 6.54 Å². The maximum absolute atomic E-state index is 12.1. The molecule has 0 heterocycles. The molecule has 0 saturated carbocycles. The van der Waals surface area contributed by atoms with Crippen molar-refractivity contribution in [3.8, 4) is 0 Å². The number of aromatic carboxylic acids is 1. The lowest BCUT2D eigenvalue weighted by atomic mass is 10.1. The summed E-state index contributed by atoms with van der Waals surface area (Å²) in [5.74, 6) is -0.969. The highest BCUT2D eigenvalue weighted by molar-refractivity contribution is 6.01. The lowest BCUT2D eigenvalue weighted by Gasteiger charge is -2.10. The zero-order valence-corrected chi connectivity index (χ0v) is 12.8. The van der Waals surface area contributed by atoms with Gasteiger partial charge in [-0.2, -0.15) is 0 Å². The predicted molar refractivity (Wildman–Crippen MR) is 93.2 cm³/mol. The third-order valence-corrected chi connectivity index (χ3v) is 3.69. The number of carbonyl (C=O) groups excluding carboxylic acids is 1. The topological polar surface area (TPSA) is 78.4 Å². The van der Waals surface area contributed by atoms with Gasteiger partial charge in [0.1, 0.15) is 0 Å². The fourth-order valence-electron chi connectivity index (χ4n) is 2.45. The van der Waals surface area contributed by atoms with Crippen LogP contribution in [0.4, 0.5) is 10.5 Å². The molecule has 0 aliphatic rings. The quantitative estimate of drug-likeness (QED) is 0.683. The van der Waals surface area contributed by atoms with E-state index in [1.165, 1.54) is 12.1 Å². The highest BCUT2D eigenvalue weighted by Gasteiger charge is 2.06. The van der Waals surface area contributed by atoms with Crippen molar-refractivity contribution >= 4 is 28.5 Å². The Morgan fingerprint density at radius 3 is 2.33 bits per heavy atom. The van der Waals surface area contributed by atoms with Gasteiger partial charge in [-0.1, -0.05) is 48.5 Å². The van der Waals surface area contributed by atoms with E-state index in [1.807, 2.05) is 42.5 Å². The molecule has 0 aliphatic heterocycles. The van der Waals surface area contributed by atoms with E-state index in [-0.39, 0.29) is 11.6 Å². The average Bonchev–Trinajstić information content (AvgIpc) is 2.61. The minimum Gasteiger partial charge on any atom is -0.478 e. The van der Waals surface area contributed by atoms with Crippen molar-refractivity contribution in [3.05, 3.63) is 77.9 Å². The van der Waals surface area contributed by atoms with E-state index in [4.69, 9.17) is 5.11 Å². The van der Waals surface area contributed by atoms with Crippen molar-refractivity contribution in [3.63, 3.8) is 0 Å². The molecule has 120 valence electrons. The predicted octanol–water partition coefficient (Wildman–Crippen LogP) is 3.86. The summed E-state index contributed by atoms with van der Waals surface area (Å²) >= 11 is 0. The summed E-state index contributed by atoms with van der Waals surface area (Å²) in [5, 5.41) is 16.5. The molecule has 0 aliphatic carbocycles. The number of urea groups is 1. The number of carboxylic acids is 1. The molecular weight excluding hydrogens is 304 g/mol. The van der Waals surface area contributed by atoms with Gasteiger partial charge in [0.25, 0.3) is 0 Å². The van der Waals surface area contributed by atoms with Gasteiger partial charge in [-0.15, -0.1) is 0 Å². The Bertz CT molecular complexity index is 883. The number of benzene rings is 3. The van der Waals surface area contributed by atoms with E-state index in [2.05, 4.69) is 10.6 Å². The molecule has 0 fully saturated rings. The molecule has 0 spiro atoms. The zero-order chi connectivity index (χ0) is 16.9. The number of nitrogens with one attached hydrogen (secondary N) is 2. The van der Waals surface area contributed by atoms with Gasteiger partial charge in [-0.05, 0) is 29.1 Å². The first-order chi connectivity index (χ1) is 11.6. The average molecular weight is 320 g/mol. The van der Waals surface area contributed by atoms with Crippen molar-refractivity contribution < 1.29 is 14.7 Å². The molecule has 3 rings (SSSR count). The summed E-state index contributed by atoms with van der Waals surface area (Å²) in [6.07, 6.45) is 0. The Morgan fingerprint density at radius 2 is 1.58 bits per heavy atom. The van der Waals surface area contributed by atoms with Gasteiger partial charge in [0.2, 0.25) is 0 Å². The van der Waals surface area contributed by atoms with Crippen molar-refractivity contribution in [2.75, 3.05) is 5.32 Å². The Balaban J connectivity index is 1.64. The van der Waals surface area contributed by atoms with Crippen LogP contribution in [0.15, 0.2) is 66.7 Å². The second kappa shape index (κ2) is 6.83. The first kappa shape index (κ1) is 15.6. The summed E-state index contributed by atoms with van der Waals surface area (Å²) in [7, 11) is 0. The summed E-state index contributed by atoms with van der Waals surface area (Å²) < 4.78 is 0. The summed E-state index contributed by atoms with van der Waals surface area (Å²) in [5.41, 5.74) is 1.79. The minimum absolute atomic E-state index is 0.221. The molecule has 5 nitrogen and oxygen atoms in total. The standard InChI is InChI=1S/C19H16N2O3/c22-18(23)15-10-8-13(9-11-15)12-20-19(24)21-17-7-3-5-14-4-1-2-6-16(14)17/h1-11H,12H2,(H,22,23)(H2,20,21,24). The van der Waals surface area contributed by atoms with Crippen LogP contribution in [0, 0.1) is 0 Å². The van der Waals surface area contributed by atoms with E-state index in [9.17, 15) is 9.59 Å². The summed E-state index contributed by atoms with van der Waals surface area (Å²) in [6.45, 7) is 0.316. The van der Waals surface area contributed by atoms with E-state index in [0.717, 1.165) is 22.0 Å². The largest absolute Gasteiger partial charge is 0.478 e. The fourth-order valence-corrected chi connectivity index (χ4v) is 2.45. The number of hydrogen-bond acceptors (Lipinski definition) is 2. The molecular formula is C19H16N2O3. The fraction of sp³-hybridized carbons (Fsp3) is 0.0526. The maximum Gasteiger partial charge on any atom is 0.335 e. The van der Waals surface area contributed by atoms with Gasteiger partial charge in [-0.25, -0.2) is 9.59 Å². The molecule has 0 bridgehead atoms. The molecule has 0 atom stereocenters. The van der Waals surface area contributed by atoms with Crippen molar-refractivity contribution in [1.82, 2.24) is 5.32 Å². The minimum atomic E-state index is -0.969. The number of anilines is 1. The second-order valence-electron chi connectivity index (χ2n) is 5.34. The molecule has 3 N–H and O–H groups in total. The first-order valence-corrected chi connectivity index (χ1v) is 7.48. The molecule has 24 heavy (non-hydrogen) atoms. The molecule has 2 amide bonds. The van der Waals surface area contributed by atoms with Crippen LogP contribution in [0.2, 0.25) is 0 Å². The number of amides is 2. The summed E-state index contributed by atoms with van der Waals surface area (Å²) in [6, 6.07) is 19.6. The number of carbonyl (C=O) groups is 2. The smallest absolute Gasteiger partial charge is 0.335 e. The number of fused-ring (bicyclic) bond motifs is 1. The van der Waals surface area contributed by atoms with Crippen LogP contribution < -0.4 is 10.6 Å². The Kier molecular flexibility index (Phi) is 4.43. The van der Waals surface area contributed by atoms with Crippen LogP contribution in [0.5, 0.6) is 0 Å². The van der Waals surface area contributed by atoms with Gasteiger partial charge in [0.15, 0.2) is 0 Å². The van der Waals surface area contributed by atoms with Gasteiger partial charge < -0.3 is 15.7 Å². The van der Waals surface area contributed by atoms with E-state index in [0.29, 0.717) is 6.54 Å². The molecule has 3 aromatic carbocycles. The van der Waals surface area contributed by atoms with E-state index >= 15 is 0 Å². The number of rotatable bonds is 4. The third-order valence-electron chi connectivity index (χ3n) is 3.69. The van der Waals surface area contributed by atoms with Crippen LogP contribution in [-0.2, 0) is 6.54 Å². The summed E-state index contributed by atoms with van der Waals surface area (Å²) in [4.78, 5) is 22.9. The molecule has 3 aromatic rings. The molecule has 0 unspecified atom stereocenters. The van der Waals surface area contributed by atoms with Crippen molar-refractivity contribution in [2.24, 2.45) is 0 Å². The Morgan fingerprint density at radius 1 is 0.875 bits per heavy atom. The Hall–Kier alpha value is -3.34. The molecule has 5 heteroatoms. The molecule has 0 aromatic heterocycles. The Labute approximate surface area is 138 Å². The number of hydrogen-bond donors (Lipinski definition) is 3. The van der Waals surface area contributed by atoms with Crippen molar-refractivity contribution in [1.29, 1.82) is 0 Å². The van der Waals surface area contributed by atoms with Gasteiger partial charge >= 0.3 is 12.0 Å². The third kappa shape index (κ3) is 3.52. The van der Waals surface area contributed by atoms with Gasteiger partial charge in [0.05, 0.1) is 11.3 Å². The van der Waals surface area contributed by atoms with Crippen LogP contribution in [0.25, 0.3) is 10.8 Å². The van der Waals surface area contributed by atoms with Gasteiger partial charge in [0, 0.05) is 11.9 Å². The lowest BCUT2D eigenvalue weighted by Crippen LogP contribution is -2.28. The normalized spacial score (nSPS) is 10.3. The van der Waals surface area contributed by atoms with Crippen LogP contribution in [0.1, 0.15) is 15.9 Å². The maximum atomic E-state index is 12.1. The number of carboxylic acid groups (broad SMARTS) is 1. The van der Waals surface area contributed by atoms with Crippen LogP contribution >= 0.6 is 0 Å². The zero-order valence-electron chi connectivity index (χ0n) is 12.8. The molecule has 0 radical (unpaired) electrons. The lowest BCUT2D eigenvalue weighted by molar-refractivity contribution is 0.0697. The van der Waals surface area contributed by atoms with E-state index < -0.39 is 5.97 Å².